The van der Waals surface area contributed by atoms with Crippen molar-refractivity contribution < 1.29 is 19.4 Å². The molecule has 1 unspecified atom stereocenters. The molecule has 3 aromatic heterocycles. The van der Waals surface area contributed by atoms with Crippen LogP contribution < -0.4 is 5.73 Å². The van der Waals surface area contributed by atoms with E-state index in [2.05, 4.69) is 15.0 Å². The van der Waals surface area contributed by atoms with E-state index < -0.39 is 12.3 Å². The quantitative estimate of drug-likeness (QED) is 0.478. The highest BCUT2D eigenvalue weighted by Gasteiger charge is 2.11. The number of ether oxygens (including phenoxy) is 2. The number of rotatable bonds is 7. The molecule has 3 rings (SSSR count). The Labute approximate surface area is 140 Å². The summed E-state index contributed by atoms with van der Waals surface area (Å²) in [6, 6.07) is 1.68. The third-order valence-electron chi connectivity index (χ3n) is 3.16. The van der Waals surface area contributed by atoms with Gasteiger partial charge in [0.2, 0.25) is 5.95 Å². The van der Waals surface area contributed by atoms with Gasteiger partial charge in [0.15, 0.2) is 11.9 Å². The van der Waals surface area contributed by atoms with Crippen molar-refractivity contribution in [2.24, 2.45) is 0 Å². The molecule has 126 valence electrons. The summed E-state index contributed by atoms with van der Waals surface area (Å²) in [6.45, 7) is 0.115. The normalized spacial score (nSPS) is 12.4. The minimum absolute atomic E-state index is 0.0557. The van der Waals surface area contributed by atoms with Gasteiger partial charge in [0.05, 0.1) is 24.7 Å². The molecule has 1 atom stereocenters. The average Bonchev–Trinajstić information content (AvgIpc) is 3.22. The molecule has 0 aliphatic rings. The highest BCUT2D eigenvalue weighted by molar-refractivity contribution is 7.08. The third-order valence-corrected chi connectivity index (χ3v) is 3.84. The van der Waals surface area contributed by atoms with Gasteiger partial charge in [-0.25, -0.2) is 14.8 Å². The van der Waals surface area contributed by atoms with E-state index in [-0.39, 0.29) is 25.7 Å². The molecule has 0 fully saturated rings. The monoisotopic (exact) mass is 349 g/mol. The van der Waals surface area contributed by atoms with Gasteiger partial charge in [-0.05, 0) is 11.4 Å². The Morgan fingerprint density at radius 2 is 2.33 bits per heavy atom. The molecule has 0 aromatic carbocycles. The number of hydrogen-bond donors (Lipinski definition) is 2. The molecule has 0 saturated heterocycles. The van der Waals surface area contributed by atoms with Crippen LogP contribution in [-0.4, -0.2) is 43.5 Å². The van der Waals surface area contributed by atoms with E-state index in [1.807, 2.05) is 0 Å². The second-order valence-corrected chi connectivity index (χ2v) is 5.62. The highest BCUT2D eigenvalue weighted by Crippen LogP contribution is 2.11. The maximum atomic E-state index is 11.6. The number of nitrogens with zero attached hydrogens (tertiary/aromatic N) is 4. The standard InChI is InChI=1S/C14H15N5O4S/c15-14-16-5-10-12(18-14)17-7-19(10)8-23-11(20)1-3-22-13(21)9-2-4-24-6-9/h2,4-7,11,20H,1,3,8H2,(H2,15,16,18). The van der Waals surface area contributed by atoms with Crippen molar-refractivity contribution in [1.29, 1.82) is 0 Å². The summed E-state index contributed by atoms with van der Waals surface area (Å²) in [6.07, 6.45) is 2.13. The van der Waals surface area contributed by atoms with Gasteiger partial charge in [-0.3, -0.25) is 0 Å². The van der Waals surface area contributed by atoms with Crippen LogP contribution in [0.15, 0.2) is 29.4 Å². The van der Waals surface area contributed by atoms with Gasteiger partial charge >= 0.3 is 5.97 Å². The number of nitrogen functional groups attached to an aromatic ring is 1. The molecule has 3 heterocycles. The Morgan fingerprint density at radius 1 is 1.46 bits per heavy atom. The van der Waals surface area contributed by atoms with Gasteiger partial charge in [0.1, 0.15) is 12.2 Å². The lowest BCUT2D eigenvalue weighted by Crippen LogP contribution is -2.18. The average molecular weight is 349 g/mol. The van der Waals surface area contributed by atoms with Crippen LogP contribution in [0.2, 0.25) is 0 Å². The minimum Gasteiger partial charge on any atom is -0.462 e. The number of fused-ring (bicyclic) bond motifs is 1. The summed E-state index contributed by atoms with van der Waals surface area (Å²) in [7, 11) is 0. The van der Waals surface area contributed by atoms with Crippen molar-refractivity contribution in [3.63, 3.8) is 0 Å². The number of aliphatic hydroxyl groups is 1. The Hall–Kier alpha value is -2.56. The molecule has 0 radical (unpaired) electrons. The molecule has 0 amide bonds. The van der Waals surface area contributed by atoms with E-state index in [0.29, 0.717) is 16.7 Å². The van der Waals surface area contributed by atoms with E-state index in [1.54, 1.807) is 21.4 Å². The minimum atomic E-state index is -1.08. The van der Waals surface area contributed by atoms with Gasteiger partial charge in [-0.15, -0.1) is 0 Å². The first-order valence-electron chi connectivity index (χ1n) is 7.06. The number of anilines is 1. The topological polar surface area (TPSA) is 125 Å². The smallest absolute Gasteiger partial charge is 0.338 e. The second kappa shape index (κ2) is 7.34. The molecular weight excluding hydrogens is 334 g/mol. The summed E-state index contributed by atoms with van der Waals surface area (Å²) >= 11 is 1.41. The molecule has 0 spiro atoms. The summed E-state index contributed by atoms with van der Waals surface area (Å²) in [5.74, 6) is -0.278. The van der Waals surface area contributed by atoms with Crippen molar-refractivity contribution in [2.75, 3.05) is 12.3 Å². The highest BCUT2D eigenvalue weighted by atomic mass is 32.1. The van der Waals surface area contributed by atoms with E-state index in [9.17, 15) is 9.90 Å². The summed E-state index contributed by atoms with van der Waals surface area (Å²) in [5, 5.41) is 13.3. The van der Waals surface area contributed by atoms with Crippen LogP contribution >= 0.6 is 11.3 Å². The second-order valence-electron chi connectivity index (χ2n) is 4.84. The number of thiophene rings is 1. The van der Waals surface area contributed by atoms with Crippen LogP contribution in [0.1, 0.15) is 16.8 Å². The Balaban J connectivity index is 1.45. The zero-order valence-electron chi connectivity index (χ0n) is 12.5. The van der Waals surface area contributed by atoms with Crippen LogP contribution in [0, 0.1) is 0 Å². The molecule has 0 aliphatic heterocycles. The number of carbonyl (C=O) groups excluding carboxylic acids is 1. The number of imidazole rings is 1. The molecule has 9 nitrogen and oxygen atoms in total. The van der Waals surface area contributed by atoms with Gasteiger partial charge in [-0.1, -0.05) is 0 Å². The van der Waals surface area contributed by atoms with Crippen LogP contribution in [0.4, 0.5) is 5.95 Å². The maximum Gasteiger partial charge on any atom is 0.338 e. The van der Waals surface area contributed by atoms with Gasteiger partial charge in [-0.2, -0.15) is 16.3 Å². The first kappa shape index (κ1) is 16.3. The molecule has 24 heavy (non-hydrogen) atoms. The lowest BCUT2D eigenvalue weighted by Gasteiger charge is -2.12. The summed E-state index contributed by atoms with van der Waals surface area (Å²) < 4.78 is 12.0. The number of aromatic nitrogens is 4. The van der Waals surface area contributed by atoms with Gasteiger partial charge < -0.3 is 24.9 Å². The SMILES string of the molecule is Nc1ncc2c(ncn2COC(O)CCOC(=O)c2ccsc2)n1. The van der Waals surface area contributed by atoms with Crippen molar-refractivity contribution in [2.45, 2.75) is 19.4 Å². The van der Waals surface area contributed by atoms with E-state index in [1.165, 1.54) is 23.9 Å². The fraction of sp³-hybridized carbons (Fsp3) is 0.286. The van der Waals surface area contributed by atoms with Crippen LogP contribution in [0.25, 0.3) is 11.2 Å². The molecule has 3 N–H and O–H groups in total. The first-order chi connectivity index (χ1) is 11.6. The van der Waals surface area contributed by atoms with Gasteiger partial charge in [0.25, 0.3) is 0 Å². The Morgan fingerprint density at radius 3 is 3.12 bits per heavy atom. The van der Waals surface area contributed by atoms with E-state index in [0.717, 1.165) is 0 Å². The molecule has 10 heteroatoms. The first-order valence-corrected chi connectivity index (χ1v) is 8.00. The van der Waals surface area contributed by atoms with Crippen molar-refractivity contribution in [3.05, 3.63) is 34.9 Å². The summed E-state index contributed by atoms with van der Waals surface area (Å²) in [5.41, 5.74) is 7.07. The largest absolute Gasteiger partial charge is 0.462 e. The molecule has 0 bridgehead atoms. The van der Waals surface area contributed by atoms with Crippen LogP contribution in [0.5, 0.6) is 0 Å². The molecule has 0 saturated carbocycles. The lowest BCUT2D eigenvalue weighted by molar-refractivity contribution is -0.133. The summed E-state index contributed by atoms with van der Waals surface area (Å²) in [4.78, 5) is 23.6. The number of esters is 1. The van der Waals surface area contributed by atoms with Crippen molar-refractivity contribution in [3.8, 4) is 0 Å². The predicted molar refractivity (Wildman–Crippen MR) is 86.0 cm³/mol. The lowest BCUT2D eigenvalue weighted by atomic mass is 10.3. The maximum absolute atomic E-state index is 11.6. The van der Waals surface area contributed by atoms with Gasteiger partial charge in [0, 0.05) is 11.8 Å². The van der Waals surface area contributed by atoms with E-state index >= 15 is 0 Å². The van der Waals surface area contributed by atoms with E-state index in [4.69, 9.17) is 15.2 Å². The number of nitrogens with two attached hydrogens (primary N) is 1. The number of carbonyl (C=O) groups is 1. The number of aliphatic hydroxyl groups excluding tert-OH is 1. The van der Waals surface area contributed by atoms with Crippen LogP contribution in [-0.2, 0) is 16.2 Å². The van der Waals surface area contributed by atoms with Crippen LogP contribution in [0.3, 0.4) is 0 Å². The third kappa shape index (κ3) is 3.85. The predicted octanol–water partition coefficient (Wildman–Crippen LogP) is 1.01. The molecule has 0 aliphatic carbocycles. The fourth-order valence-electron chi connectivity index (χ4n) is 1.93. The fourth-order valence-corrected chi connectivity index (χ4v) is 2.56. The molecule has 3 aromatic rings. The molecular formula is C14H15N5O4S. The van der Waals surface area contributed by atoms with Crippen molar-refractivity contribution >= 4 is 34.4 Å². The Bertz CT molecular complexity index is 820. The Kier molecular flexibility index (Phi) is 4.99. The zero-order chi connectivity index (χ0) is 16.9. The number of hydrogen-bond acceptors (Lipinski definition) is 9. The zero-order valence-corrected chi connectivity index (χ0v) is 13.3. The van der Waals surface area contributed by atoms with Crippen molar-refractivity contribution in [1.82, 2.24) is 19.5 Å².